The van der Waals surface area contributed by atoms with Gasteiger partial charge in [-0.25, -0.2) is 9.97 Å². The number of hydrogen-bond donors (Lipinski definition) is 1. The lowest BCUT2D eigenvalue weighted by Crippen LogP contribution is -2.35. The Labute approximate surface area is 153 Å². The number of nitrogens with one attached hydrogen (secondary N) is 1. The lowest BCUT2D eigenvalue weighted by Gasteiger charge is -2.39. The number of methoxy groups -OCH3 is 1. The molecule has 3 heterocycles. The van der Waals surface area contributed by atoms with Gasteiger partial charge in [-0.1, -0.05) is 26.8 Å². The van der Waals surface area contributed by atoms with Gasteiger partial charge in [-0.15, -0.1) is 0 Å². The first kappa shape index (κ1) is 15.9. The Balaban J connectivity index is 1.69. The first-order chi connectivity index (χ1) is 12.4. The van der Waals surface area contributed by atoms with Crippen LogP contribution >= 0.6 is 0 Å². The molecule has 2 bridgehead atoms. The molecule has 1 saturated heterocycles. The van der Waals surface area contributed by atoms with Gasteiger partial charge in [0.25, 0.3) is 0 Å². The zero-order chi connectivity index (χ0) is 18.1. The molecular formula is C21H26N4O. The minimum Gasteiger partial charge on any atom is -0.496 e. The molecule has 0 radical (unpaired) electrons. The Kier molecular flexibility index (Phi) is 3.13. The minimum absolute atomic E-state index is 0.368. The topological polar surface area (TPSA) is 54.0 Å². The Morgan fingerprint density at radius 1 is 1.19 bits per heavy atom. The normalized spacial score (nSPS) is 27.4. The van der Waals surface area contributed by atoms with Crippen LogP contribution in [0, 0.1) is 10.8 Å². The average molecular weight is 350 g/mol. The number of aromatic amines is 1. The second-order valence-electron chi connectivity index (χ2n) is 9.27. The van der Waals surface area contributed by atoms with Crippen LogP contribution < -0.4 is 9.64 Å². The zero-order valence-corrected chi connectivity index (χ0v) is 16.0. The highest BCUT2D eigenvalue weighted by molar-refractivity contribution is 6.11. The van der Waals surface area contributed by atoms with E-state index in [9.17, 15) is 0 Å². The SMILES string of the molecule is COc1cccc2[nH]c3c(N4C[C@@]5(C)C[C@@H]4CC(C)(C)C5)ncnc3c12. The average Bonchev–Trinajstić information content (AvgIpc) is 3.08. The fraction of sp³-hybridized carbons (Fsp3) is 0.524. The van der Waals surface area contributed by atoms with Crippen LogP contribution in [0.4, 0.5) is 5.82 Å². The van der Waals surface area contributed by atoms with Crippen LogP contribution in [-0.4, -0.2) is 34.6 Å². The van der Waals surface area contributed by atoms with E-state index in [0.717, 1.165) is 40.0 Å². The molecule has 2 aromatic heterocycles. The number of benzene rings is 1. The minimum atomic E-state index is 0.368. The van der Waals surface area contributed by atoms with E-state index in [4.69, 9.17) is 9.72 Å². The van der Waals surface area contributed by atoms with Crippen LogP contribution in [0.25, 0.3) is 21.9 Å². The molecule has 0 spiro atoms. The Bertz CT molecular complexity index is 1010. The number of H-pyrrole nitrogens is 1. The second kappa shape index (κ2) is 5.12. The van der Waals surface area contributed by atoms with E-state index >= 15 is 0 Å². The predicted molar refractivity (Wildman–Crippen MR) is 105 cm³/mol. The maximum absolute atomic E-state index is 5.58. The van der Waals surface area contributed by atoms with Crippen molar-refractivity contribution < 1.29 is 4.74 Å². The van der Waals surface area contributed by atoms with Crippen molar-refractivity contribution in [2.75, 3.05) is 18.6 Å². The third-order valence-electron chi connectivity index (χ3n) is 6.26. The molecule has 2 aliphatic rings. The Morgan fingerprint density at radius 2 is 2.04 bits per heavy atom. The van der Waals surface area contributed by atoms with E-state index < -0.39 is 0 Å². The molecule has 136 valence electrons. The molecule has 5 nitrogen and oxygen atoms in total. The molecule has 0 unspecified atom stereocenters. The van der Waals surface area contributed by atoms with Gasteiger partial charge >= 0.3 is 0 Å². The summed E-state index contributed by atoms with van der Waals surface area (Å²) in [6, 6.07) is 6.63. The summed E-state index contributed by atoms with van der Waals surface area (Å²) in [5.74, 6) is 1.89. The highest BCUT2D eigenvalue weighted by Crippen LogP contribution is 2.53. The van der Waals surface area contributed by atoms with Crippen LogP contribution in [0.15, 0.2) is 24.5 Å². The molecule has 1 aromatic carbocycles. The Hall–Kier alpha value is -2.30. The summed E-state index contributed by atoms with van der Waals surface area (Å²) in [6.45, 7) is 8.32. The molecule has 1 N–H and O–H groups in total. The van der Waals surface area contributed by atoms with Crippen molar-refractivity contribution in [3.8, 4) is 5.75 Å². The van der Waals surface area contributed by atoms with E-state index in [1.165, 1.54) is 19.3 Å². The van der Waals surface area contributed by atoms with E-state index in [1.54, 1.807) is 13.4 Å². The summed E-state index contributed by atoms with van der Waals surface area (Å²) in [7, 11) is 1.71. The molecule has 1 aliphatic heterocycles. The summed E-state index contributed by atoms with van der Waals surface area (Å²) in [6.07, 6.45) is 5.46. The van der Waals surface area contributed by atoms with E-state index in [0.29, 0.717) is 16.9 Å². The summed E-state index contributed by atoms with van der Waals surface area (Å²) < 4.78 is 5.58. The number of ether oxygens (including phenoxy) is 1. The third-order valence-corrected chi connectivity index (χ3v) is 6.26. The van der Waals surface area contributed by atoms with Gasteiger partial charge in [0.15, 0.2) is 5.82 Å². The monoisotopic (exact) mass is 350 g/mol. The van der Waals surface area contributed by atoms with Gasteiger partial charge in [-0.05, 0) is 42.2 Å². The van der Waals surface area contributed by atoms with E-state index in [2.05, 4.69) is 41.7 Å². The van der Waals surface area contributed by atoms with Crippen molar-refractivity contribution in [1.29, 1.82) is 0 Å². The van der Waals surface area contributed by atoms with Gasteiger partial charge in [0.2, 0.25) is 0 Å². The van der Waals surface area contributed by atoms with Crippen molar-refractivity contribution in [3.05, 3.63) is 24.5 Å². The number of aromatic nitrogens is 3. The third kappa shape index (κ3) is 2.22. The Morgan fingerprint density at radius 3 is 2.85 bits per heavy atom. The molecule has 2 atom stereocenters. The molecule has 1 saturated carbocycles. The van der Waals surface area contributed by atoms with Crippen LogP contribution in [0.3, 0.4) is 0 Å². The molecule has 2 fully saturated rings. The number of hydrogen-bond acceptors (Lipinski definition) is 4. The fourth-order valence-electron chi connectivity index (χ4n) is 5.79. The fourth-order valence-corrected chi connectivity index (χ4v) is 5.79. The van der Waals surface area contributed by atoms with Gasteiger partial charge in [0, 0.05) is 12.6 Å². The van der Waals surface area contributed by atoms with Crippen molar-refractivity contribution in [2.45, 2.75) is 46.1 Å². The zero-order valence-electron chi connectivity index (χ0n) is 16.0. The first-order valence-electron chi connectivity index (χ1n) is 9.45. The number of rotatable bonds is 2. The maximum Gasteiger partial charge on any atom is 0.156 e. The molecule has 26 heavy (non-hydrogen) atoms. The van der Waals surface area contributed by atoms with Gasteiger partial charge in [0.05, 0.1) is 18.0 Å². The molecule has 0 amide bonds. The van der Waals surface area contributed by atoms with Gasteiger partial charge in [-0.2, -0.15) is 0 Å². The quantitative estimate of drug-likeness (QED) is 0.738. The van der Waals surface area contributed by atoms with Crippen molar-refractivity contribution in [1.82, 2.24) is 15.0 Å². The molecular weight excluding hydrogens is 324 g/mol. The number of anilines is 1. The molecule has 1 aliphatic carbocycles. The smallest absolute Gasteiger partial charge is 0.156 e. The van der Waals surface area contributed by atoms with Crippen molar-refractivity contribution >= 4 is 27.8 Å². The summed E-state index contributed by atoms with van der Waals surface area (Å²) in [5, 5.41) is 1.04. The summed E-state index contributed by atoms with van der Waals surface area (Å²) >= 11 is 0. The van der Waals surface area contributed by atoms with Gasteiger partial charge < -0.3 is 14.6 Å². The predicted octanol–water partition coefficient (Wildman–Crippen LogP) is 4.52. The summed E-state index contributed by atoms with van der Waals surface area (Å²) in [4.78, 5) is 15.4. The molecule has 5 heteroatoms. The maximum atomic E-state index is 5.58. The lowest BCUT2D eigenvalue weighted by molar-refractivity contribution is 0.136. The van der Waals surface area contributed by atoms with Gasteiger partial charge in [0.1, 0.15) is 23.1 Å². The number of fused-ring (bicyclic) bond motifs is 5. The van der Waals surface area contributed by atoms with Gasteiger partial charge in [-0.3, -0.25) is 0 Å². The largest absolute Gasteiger partial charge is 0.496 e. The van der Waals surface area contributed by atoms with Crippen LogP contribution in [0.5, 0.6) is 5.75 Å². The molecule has 5 rings (SSSR count). The standard InChI is InChI=1S/C21H26N4O/c1-20(2)8-13-9-21(3,10-20)11-25(13)19-18-17(22-12-23-19)16-14(24-18)6-5-7-15(16)26-4/h5-7,12-13,24H,8-11H2,1-4H3/t13-,21-/m0/s1. The highest BCUT2D eigenvalue weighted by atomic mass is 16.5. The van der Waals surface area contributed by atoms with Crippen molar-refractivity contribution in [3.63, 3.8) is 0 Å². The highest BCUT2D eigenvalue weighted by Gasteiger charge is 2.50. The lowest BCUT2D eigenvalue weighted by atomic mass is 9.65. The van der Waals surface area contributed by atoms with Crippen LogP contribution in [0.1, 0.15) is 40.0 Å². The van der Waals surface area contributed by atoms with E-state index in [1.807, 2.05) is 12.1 Å². The van der Waals surface area contributed by atoms with E-state index in [-0.39, 0.29) is 0 Å². The second-order valence-corrected chi connectivity index (χ2v) is 9.27. The van der Waals surface area contributed by atoms with Crippen LogP contribution in [-0.2, 0) is 0 Å². The van der Waals surface area contributed by atoms with Crippen LogP contribution in [0.2, 0.25) is 0 Å². The summed E-state index contributed by atoms with van der Waals surface area (Å²) in [5.41, 5.74) is 3.79. The van der Waals surface area contributed by atoms with Crippen molar-refractivity contribution in [2.24, 2.45) is 10.8 Å². The molecule has 3 aromatic rings. The number of nitrogens with zero attached hydrogens (tertiary/aromatic N) is 3. The first-order valence-corrected chi connectivity index (χ1v) is 9.45.